The third-order valence-electron chi connectivity index (χ3n) is 2.20. The molecule has 0 amide bonds. The first-order valence-electron chi connectivity index (χ1n) is 5.07. The molecule has 1 aliphatic heterocycles. The van der Waals surface area contributed by atoms with Crippen molar-refractivity contribution in [3.8, 4) is 5.75 Å². The predicted octanol–water partition coefficient (Wildman–Crippen LogP) is 2.08. The summed E-state index contributed by atoms with van der Waals surface area (Å²) in [6.45, 7) is 1.69. The average molecular weight is 333 g/mol. The van der Waals surface area contributed by atoms with Crippen LogP contribution in [0, 0.1) is 0 Å². The summed E-state index contributed by atoms with van der Waals surface area (Å²) in [6, 6.07) is 4.82. The number of hydrogen-bond acceptors (Lipinski definition) is 5. The van der Waals surface area contributed by atoms with E-state index in [4.69, 9.17) is 4.18 Å². The van der Waals surface area contributed by atoms with Crippen molar-refractivity contribution in [1.29, 1.82) is 0 Å². The molecule has 7 heteroatoms. The fourth-order valence-corrected chi connectivity index (χ4v) is 2.84. The largest absolute Gasteiger partial charge is 0.462 e. The first-order valence-corrected chi connectivity index (χ1v) is 7.27. The van der Waals surface area contributed by atoms with Gasteiger partial charge in [-0.05, 0) is 31.2 Å². The van der Waals surface area contributed by atoms with E-state index in [1.54, 1.807) is 19.1 Å². The quantitative estimate of drug-likeness (QED) is 0.612. The minimum Gasteiger partial charge on any atom is -0.462 e. The van der Waals surface area contributed by atoms with Gasteiger partial charge in [-0.15, -0.1) is 0 Å². The van der Waals surface area contributed by atoms with Crippen molar-refractivity contribution >= 4 is 38.1 Å². The Morgan fingerprint density at radius 2 is 2.17 bits per heavy atom. The molecule has 0 bridgehead atoms. The fourth-order valence-electron chi connectivity index (χ4n) is 1.45. The maximum atomic E-state index is 11.7. The highest BCUT2D eigenvalue weighted by Gasteiger charge is 2.32. The normalized spacial score (nSPS) is 16.2. The highest BCUT2D eigenvalue weighted by molar-refractivity contribution is 9.10. The van der Waals surface area contributed by atoms with Gasteiger partial charge in [0.25, 0.3) is 0 Å². The SMILES string of the molecule is CCOC(=O)C1=Cc2cc(Br)ccc2OS1(=O)=O. The van der Waals surface area contributed by atoms with Crippen molar-refractivity contribution in [2.45, 2.75) is 6.92 Å². The van der Waals surface area contributed by atoms with E-state index in [2.05, 4.69) is 20.7 Å². The summed E-state index contributed by atoms with van der Waals surface area (Å²) in [5.74, 6) is -0.727. The maximum absolute atomic E-state index is 11.7. The molecule has 0 saturated heterocycles. The lowest BCUT2D eigenvalue weighted by Crippen LogP contribution is -2.23. The van der Waals surface area contributed by atoms with Gasteiger partial charge in [-0.2, -0.15) is 8.42 Å². The zero-order valence-corrected chi connectivity index (χ0v) is 11.7. The van der Waals surface area contributed by atoms with Gasteiger partial charge in [-0.1, -0.05) is 15.9 Å². The van der Waals surface area contributed by atoms with Crippen LogP contribution in [0.5, 0.6) is 5.75 Å². The highest BCUT2D eigenvalue weighted by atomic mass is 79.9. The molecule has 0 spiro atoms. The summed E-state index contributed by atoms with van der Waals surface area (Å²) < 4.78 is 33.8. The van der Waals surface area contributed by atoms with Crippen molar-refractivity contribution in [2.24, 2.45) is 0 Å². The van der Waals surface area contributed by atoms with Crippen LogP contribution in [0.1, 0.15) is 12.5 Å². The molecule has 0 saturated carbocycles. The van der Waals surface area contributed by atoms with Gasteiger partial charge in [0, 0.05) is 10.0 Å². The smallest absolute Gasteiger partial charge is 0.353 e. The van der Waals surface area contributed by atoms with E-state index in [1.165, 1.54) is 12.1 Å². The molecule has 1 heterocycles. The Labute approximate surface area is 113 Å². The molecular formula is C11H9BrO5S. The Morgan fingerprint density at radius 3 is 2.83 bits per heavy atom. The second-order valence-electron chi connectivity index (χ2n) is 3.45. The number of carbonyl (C=O) groups is 1. The van der Waals surface area contributed by atoms with Crippen LogP contribution < -0.4 is 4.18 Å². The molecule has 96 valence electrons. The number of fused-ring (bicyclic) bond motifs is 1. The van der Waals surface area contributed by atoms with Crippen molar-refractivity contribution in [2.75, 3.05) is 6.61 Å². The Morgan fingerprint density at radius 1 is 1.44 bits per heavy atom. The first kappa shape index (κ1) is 13.1. The molecule has 1 aliphatic rings. The molecular weight excluding hydrogens is 324 g/mol. The summed E-state index contributed by atoms with van der Waals surface area (Å²) >= 11 is 3.26. The summed E-state index contributed by atoms with van der Waals surface area (Å²) in [7, 11) is -4.10. The predicted molar refractivity (Wildman–Crippen MR) is 68.3 cm³/mol. The highest BCUT2D eigenvalue weighted by Crippen LogP contribution is 2.33. The van der Waals surface area contributed by atoms with E-state index >= 15 is 0 Å². The molecule has 0 aliphatic carbocycles. The monoisotopic (exact) mass is 332 g/mol. The van der Waals surface area contributed by atoms with Crippen molar-refractivity contribution in [1.82, 2.24) is 0 Å². The maximum Gasteiger partial charge on any atom is 0.353 e. The van der Waals surface area contributed by atoms with Crippen molar-refractivity contribution < 1.29 is 22.1 Å². The third-order valence-corrected chi connectivity index (χ3v) is 3.92. The molecule has 0 radical (unpaired) electrons. The van der Waals surface area contributed by atoms with Crippen LogP contribution in [-0.4, -0.2) is 21.0 Å². The van der Waals surface area contributed by atoms with Gasteiger partial charge in [0.1, 0.15) is 5.75 Å². The van der Waals surface area contributed by atoms with Gasteiger partial charge in [-0.25, -0.2) is 4.79 Å². The molecule has 5 nitrogen and oxygen atoms in total. The van der Waals surface area contributed by atoms with Gasteiger partial charge < -0.3 is 8.92 Å². The number of benzene rings is 1. The Bertz CT molecular complexity index is 633. The first-order chi connectivity index (χ1) is 8.44. The van der Waals surface area contributed by atoms with Crippen molar-refractivity contribution in [3.63, 3.8) is 0 Å². The minimum absolute atomic E-state index is 0.0943. The number of carbonyl (C=O) groups excluding carboxylic acids is 1. The van der Waals surface area contributed by atoms with Crippen LogP contribution in [0.2, 0.25) is 0 Å². The molecule has 0 N–H and O–H groups in total. The zero-order chi connectivity index (χ0) is 13.3. The van der Waals surface area contributed by atoms with Gasteiger partial charge in [0.15, 0.2) is 4.91 Å². The minimum atomic E-state index is -4.10. The fraction of sp³-hybridized carbons (Fsp3) is 0.182. The number of ether oxygens (including phenoxy) is 1. The molecule has 0 aromatic heterocycles. The lowest BCUT2D eigenvalue weighted by Gasteiger charge is -2.16. The van der Waals surface area contributed by atoms with Gasteiger partial charge in [-0.3, -0.25) is 0 Å². The van der Waals surface area contributed by atoms with Gasteiger partial charge in [0.2, 0.25) is 0 Å². The summed E-state index contributed by atoms with van der Waals surface area (Å²) in [5, 5.41) is 0. The van der Waals surface area contributed by atoms with E-state index in [9.17, 15) is 13.2 Å². The standard InChI is InChI=1S/C11H9BrO5S/c1-2-16-11(13)10-6-7-5-8(12)3-4-9(7)17-18(10,14)15/h3-6H,2H2,1H3. The van der Waals surface area contributed by atoms with Crippen molar-refractivity contribution in [3.05, 3.63) is 33.1 Å². The number of hydrogen-bond donors (Lipinski definition) is 0. The molecule has 18 heavy (non-hydrogen) atoms. The molecule has 2 rings (SSSR count). The lowest BCUT2D eigenvalue weighted by molar-refractivity contribution is -0.137. The summed E-state index contributed by atoms with van der Waals surface area (Å²) in [5.41, 5.74) is 0.502. The van der Waals surface area contributed by atoms with Crippen LogP contribution in [0.3, 0.4) is 0 Å². The summed E-state index contributed by atoms with van der Waals surface area (Å²) in [6.07, 6.45) is 1.25. The molecule has 0 fully saturated rings. The van der Waals surface area contributed by atoms with Crippen LogP contribution in [-0.2, 0) is 19.6 Å². The Kier molecular flexibility index (Phi) is 3.45. The third kappa shape index (κ3) is 2.41. The zero-order valence-electron chi connectivity index (χ0n) is 9.34. The topological polar surface area (TPSA) is 69.7 Å². The van der Waals surface area contributed by atoms with Crippen LogP contribution in [0.25, 0.3) is 6.08 Å². The Hall–Kier alpha value is -1.34. The molecule has 0 atom stereocenters. The lowest BCUT2D eigenvalue weighted by atomic mass is 10.2. The van der Waals surface area contributed by atoms with E-state index in [0.29, 0.717) is 5.56 Å². The molecule has 0 unspecified atom stereocenters. The molecule has 1 aromatic rings. The number of halogens is 1. The Balaban J connectivity index is 2.54. The average Bonchev–Trinajstić information content (AvgIpc) is 2.28. The molecule has 1 aromatic carbocycles. The van der Waals surface area contributed by atoms with Crippen LogP contribution in [0.15, 0.2) is 27.6 Å². The summed E-state index contributed by atoms with van der Waals surface area (Å²) in [4.78, 5) is 11.1. The number of esters is 1. The van der Waals surface area contributed by atoms with E-state index in [1.807, 2.05) is 0 Å². The van der Waals surface area contributed by atoms with Gasteiger partial charge in [0.05, 0.1) is 6.61 Å². The second-order valence-corrected chi connectivity index (χ2v) is 5.88. The number of rotatable bonds is 2. The van der Waals surface area contributed by atoms with E-state index < -0.39 is 21.0 Å². The van der Waals surface area contributed by atoms with Crippen LogP contribution >= 0.6 is 15.9 Å². The second kappa shape index (κ2) is 4.74. The van der Waals surface area contributed by atoms with E-state index in [-0.39, 0.29) is 12.4 Å². The van der Waals surface area contributed by atoms with E-state index in [0.717, 1.165) is 4.47 Å². The van der Waals surface area contributed by atoms with Crippen LogP contribution in [0.4, 0.5) is 0 Å². The van der Waals surface area contributed by atoms with Gasteiger partial charge >= 0.3 is 16.1 Å².